The predicted molar refractivity (Wildman–Crippen MR) is 40.4 cm³/mol. The molecule has 0 saturated carbocycles. The molecule has 0 aromatic rings. The van der Waals surface area contributed by atoms with Crippen LogP contribution in [0.4, 0.5) is 0 Å². The van der Waals surface area contributed by atoms with Crippen molar-refractivity contribution in [2.75, 3.05) is 0 Å². The third-order valence-corrected chi connectivity index (χ3v) is 2.39. The molecule has 10 heavy (non-hydrogen) atoms. The van der Waals surface area contributed by atoms with Crippen LogP contribution in [0, 0.1) is 0 Å². The van der Waals surface area contributed by atoms with Crippen LogP contribution in [-0.4, -0.2) is 36.7 Å². The van der Waals surface area contributed by atoms with E-state index >= 15 is 0 Å². The van der Waals surface area contributed by atoms with Crippen LogP contribution in [0.1, 0.15) is 6.42 Å². The first-order chi connectivity index (χ1) is 4.36. The zero-order valence-corrected chi connectivity index (χ0v) is 7.81. The third-order valence-electron chi connectivity index (χ3n) is 0.781. The predicted octanol–water partition coefficient (Wildman–Crippen LogP) is -0.629. The summed E-state index contributed by atoms with van der Waals surface area (Å²) < 4.78 is -1.24. The number of thiol groups is 1. The second-order valence-corrected chi connectivity index (χ2v) is 4.39. The normalized spacial score (nSPS) is 11.1. The number of carboxylic acid groups (broad SMARTS) is 1. The summed E-state index contributed by atoms with van der Waals surface area (Å²) in [6.45, 7) is 0. The largest absolute Gasteiger partial charge is 0.481 e. The van der Waals surface area contributed by atoms with E-state index in [4.69, 9.17) is 5.11 Å². The van der Waals surface area contributed by atoms with Crippen LogP contribution in [0.5, 0.6) is 0 Å². The van der Waals surface area contributed by atoms with Crippen LogP contribution in [-0.2, 0) is 9.59 Å². The van der Waals surface area contributed by atoms with Crippen LogP contribution < -0.4 is 0 Å². The summed E-state index contributed by atoms with van der Waals surface area (Å²) in [4.78, 5) is 20.6. The van der Waals surface area contributed by atoms with Gasteiger partial charge in [0.15, 0.2) is 5.12 Å². The molecule has 0 fully saturated rings. The van der Waals surface area contributed by atoms with Gasteiger partial charge in [-0.25, -0.2) is 0 Å². The van der Waals surface area contributed by atoms with Crippen molar-refractivity contribution in [3.05, 3.63) is 0 Å². The standard InChI is InChI=1S/C4H4O3SSi2/c5-2(6)1-4(9,10)3(7)8/h1H2,(H,5,6)(H,7,8). The van der Waals surface area contributed by atoms with Gasteiger partial charge in [-0.3, -0.25) is 9.59 Å². The van der Waals surface area contributed by atoms with Gasteiger partial charge in [-0.15, -0.1) is 12.6 Å². The summed E-state index contributed by atoms with van der Waals surface area (Å²) in [7, 11) is 5.81. The van der Waals surface area contributed by atoms with Gasteiger partial charge in [-0.2, -0.15) is 0 Å². The van der Waals surface area contributed by atoms with E-state index in [1.54, 1.807) is 0 Å². The Morgan fingerprint density at radius 3 is 2.00 bits per heavy atom. The van der Waals surface area contributed by atoms with E-state index in [1.807, 2.05) is 0 Å². The molecule has 1 N–H and O–H groups in total. The molecule has 6 heteroatoms. The number of carboxylic acids is 1. The van der Waals surface area contributed by atoms with Crippen LogP contribution in [0.25, 0.3) is 0 Å². The van der Waals surface area contributed by atoms with E-state index in [0.717, 1.165) is 0 Å². The monoisotopic (exact) mass is 188 g/mol. The maximum atomic E-state index is 10.5. The van der Waals surface area contributed by atoms with Crippen molar-refractivity contribution in [2.45, 2.75) is 11.1 Å². The molecule has 6 radical (unpaired) electrons. The maximum absolute atomic E-state index is 10.5. The summed E-state index contributed by atoms with van der Waals surface area (Å²) in [5.41, 5.74) is 0. The van der Waals surface area contributed by atoms with Gasteiger partial charge < -0.3 is 5.11 Å². The van der Waals surface area contributed by atoms with Crippen molar-refractivity contribution in [2.24, 2.45) is 0 Å². The summed E-state index contributed by atoms with van der Waals surface area (Å²) in [5.74, 6) is -1.08. The minimum absolute atomic E-state index is 0.344. The molecule has 0 saturated heterocycles. The molecule has 0 spiro atoms. The maximum Gasteiger partial charge on any atom is 0.303 e. The van der Waals surface area contributed by atoms with E-state index in [-0.39, 0.29) is 6.42 Å². The van der Waals surface area contributed by atoms with E-state index in [1.165, 1.54) is 0 Å². The summed E-state index contributed by atoms with van der Waals surface area (Å²) in [6, 6.07) is 0. The first kappa shape index (κ1) is 9.92. The Morgan fingerprint density at radius 1 is 1.50 bits per heavy atom. The van der Waals surface area contributed by atoms with E-state index in [0.29, 0.717) is 0 Å². The highest BCUT2D eigenvalue weighted by atomic mass is 32.1. The molecule has 0 aromatic carbocycles. The van der Waals surface area contributed by atoms with Gasteiger partial charge in [0.1, 0.15) is 0 Å². The minimum Gasteiger partial charge on any atom is -0.481 e. The molecule has 52 valence electrons. The van der Waals surface area contributed by atoms with Gasteiger partial charge in [-0.05, 0) is 0 Å². The Balaban J connectivity index is 4.13. The number of carbonyl (C=O) groups excluding carboxylic acids is 1. The number of carbonyl (C=O) groups is 2. The Bertz CT molecular complexity index is 168. The molecule has 0 rings (SSSR count). The fourth-order valence-corrected chi connectivity index (χ4v) is 0.684. The molecular formula is C4H4O3SSi2. The first-order valence-electron chi connectivity index (χ1n) is 2.31. The molecule has 0 amide bonds. The number of hydrogen-bond donors (Lipinski definition) is 2. The lowest BCUT2D eigenvalue weighted by Gasteiger charge is -2.15. The first-order valence-corrected chi connectivity index (χ1v) is 3.76. The van der Waals surface area contributed by atoms with E-state index < -0.39 is 15.7 Å². The van der Waals surface area contributed by atoms with Crippen LogP contribution >= 0.6 is 12.6 Å². The quantitative estimate of drug-likeness (QED) is 0.458. The molecule has 3 nitrogen and oxygen atoms in total. The Hall–Kier alpha value is -0.0762. The lowest BCUT2D eigenvalue weighted by Crippen LogP contribution is -2.24. The minimum atomic E-state index is -1.24. The highest BCUT2D eigenvalue weighted by molar-refractivity contribution is 7.97. The van der Waals surface area contributed by atoms with Crippen molar-refractivity contribution >= 4 is 44.2 Å². The average Bonchev–Trinajstić information content (AvgIpc) is 1.60. The summed E-state index contributed by atoms with van der Waals surface area (Å²) in [6.07, 6.45) is -0.344. The smallest absolute Gasteiger partial charge is 0.303 e. The van der Waals surface area contributed by atoms with Crippen molar-refractivity contribution in [1.82, 2.24) is 0 Å². The number of rotatable bonds is 3. The highest BCUT2D eigenvalue weighted by Crippen LogP contribution is 2.23. The number of hydrogen-bond acceptors (Lipinski definition) is 2. The van der Waals surface area contributed by atoms with Crippen LogP contribution in [0.2, 0.25) is 4.66 Å². The van der Waals surface area contributed by atoms with Gasteiger partial charge >= 0.3 is 5.97 Å². The van der Waals surface area contributed by atoms with E-state index in [2.05, 4.69) is 33.1 Å². The lowest BCUT2D eigenvalue weighted by atomic mass is 10.3. The Morgan fingerprint density at radius 2 is 1.90 bits per heavy atom. The molecule has 0 atom stereocenters. The van der Waals surface area contributed by atoms with Crippen LogP contribution in [0.15, 0.2) is 0 Å². The van der Waals surface area contributed by atoms with Gasteiger partial charge in [0.2, 0.25) is 0 Å². The molecule has 0 unspecified atom stereocenters. The Kier molecular flexibility index (Phi) is 3.33. The zero-order valence-electron chi connectivity index (χ0n) is 4.92. The fraction of sp³-hybridized carbons (Fsp3) is 0.500. The highest BCUT2D eigenvalue weighted by Gasteiger charge is 2.27. The Labute approximate surface area is 70.4 Å². The van der Waals surface area contributed by atoms with Crippen molar-refractivity contribution in [1.29, 1.82) is 0 Å². The van der Waals surface area contributed by atoms with Crippen molar-refractivity contribution in [3.63, 3.8) is 0 Å². The van der Waals surface area contributed by atoms with Gasteiger partial charge in [-0.1, -0.05) is 0 Å². The molecule has 0 heterocycles. The zero-order chi connectivity index (χ0) is 8.36. The van der Waals surface area contributed by atoms with Gasteiger partial charge in [0.25, 0.3) is 0 Å². The lowest BCUT2D eigenvalue weighted by molar-refractivity contribution is -0.138. The summed E-state index contributed by atoms with van der Waals surface area (Å²) in [5, 5.41) is 7.68. The second-order valence-electron chi connectivity index (χ2n) is 1.78. The van der Waals surface area contributed by atoms with Crippen LogP contribution in [0.3, 0.4) is 0 Å². The number of aliphatic carboxylic acids is 1. The molecule has 0 aromatic heterocycles. The topological polar surface area (TPSA) is 54.4 Å². The molecule has 0 bridgehead atoms. The average molecular weight is 188 g/mol. The fourth-order valence-electron chi connectivity index (χ4n) is 0.302. The van der Waals surface area contributed by atoms with Gasteiger partial charge in [0, 0.05) is 25.1 Å². The molecular weight excluding hydrogens is 184 g/mol. The van der Waals surface area contributed by atoms with E-state index in [9.17, 15) is 9.59 Å². The molecule has 0 aliphatic heterocycles. The summed E-state index contributed by atoms with van der Waals surface area (Å²) >= 11 is 3.45. The second kappa shape index (κ2) is 3.35. The molecule has 0 aliphatic rings. The van der Waals surface area contributed by atoms with Gasteiger partial charge in [0.05, 0.1) is 6.42 Å². The van der Waals surface area contributed by atoms with Crippen molar-refractivity contribution < 1.29 is 14.7 Å². The molecule has 0 aliphatic carbocycles. The third kappa shape index (κ3) is 3.18. The van der Waals surface area contributed by atoms with Crippen molar-refractivity contribution in [3.8, 4) is 0 Å². The SMILES string of the molecule is O=C(O)CC([Si])([Si])C(=O)S.